The summed E-state index contributed by atoms with van der Waals surface area (Å²) in [5.41, 5.74) is 34.5. The Hall–Kier alpha value is -15.6. The number of hydrogen-bond acceptors (Lipinski definition) is 46. The summed E-state index contributed by atoms with van der Waals surface area (Å²) < 4.78 is 32.7. The van der Waals surface area contributed by atoms with E-state index in [1.807, 2.05) is 31.2 Å². The van der Waals surface area contributed by atoms with Gasteiger partial charge < -0.3 is 133 Å². The lowest BCUT2D eigenvalue weighted by atomic mass is 9.64. The Morgan fingerprint density at radius 1 is 0.333 bits per heavy atom. The van der Waals surface area contributed by atoms with Crippen LogP contribution < -0.4 is 56.7 Å². The number of carboxylic acids is 5. The first-order chi connectivity index (χ1) is 68.5. The molecule has 746 valence electrons. The third-order valence-corrected chi connectivity index (χ3v) is 25.9. The number of Topliss-reactive ketones (excluding diaryl/α,β-unsaturated/α-hetero) is 5. The Bertz CT molecular complexity index is 6310. The number of nitrogens with two attached hydrogens (primary N) is 5. The van der Waals surface area contributed by atoms with Crippen LogP contribution in [0, 0.1) is 34.6 Å². The molecule has 0 saturated carbocycles. The topological polar surface area (TPSA) is 775 Å². The summed E-state index contributed by atoms with van der Waals surface area (Å²) in [7, 11) is -6.86. The monoisotopic (exact) mass is 2070 g/mol. The van der Waals surface area contributed by atoms with Crippen molar-refractivity contribution in [2.24, 2.45) is 25.8 Å². The van der Waals surface area contributed by atoms with E-state index in [2.05, 4.69) is 50.7 Å². The molecule has 5 aliphatic rings. The maximum absolute atomic E-state index is 13.2. The molecule has 56 heteroatoms. The number of benzene rings is 6. The molecule has 0 unspecified atom stereocenters. The third kappa shape index (κ3) is 26.6. The zero-order chi connectivity index (χ0) is 105. The number of nitrogen functional groups attached to an aromatic ring is 5. The largest absolute Gasteiger partial charge is 0.535 e. The van der Waals surface area contributed by atoms with Gasteiger partial charge in [0.05, 0.1) is 5.56 Å². The standard InChI is InChI=1S/C24H24BN3O7S.4C16H16BN3O6S/c1-14-5-7-17(8-6-14)33-9-10-34-28-21(19-13-36-24(26)27-19)20(29)12-16-11-15-3-2-4-18(23(30)31)22(15)35-25(16)32;4*1-7-2-8-4-9(17(24)26-14(8)10(3-7)15(22)23)5-12(21)13(20-25)11-6-27-16(18)19-11/h2-8,13,16,32H,9-12H2,1H3,(H2,26,27)(H,30,31);4*2-3,6,9,24-25H,4-5H2,1H3,(H2,18,19)(H,22,23)/b28-21-;4*20-13-/t16-;4*9-/m11111/s1. The zero-order valence-electron chi connectivity index (χ0n) is 76.4. The third-order valence-electron chi connectivity index (χ3n) is 22.5. The van der Waals surface area contributed by atoms with Crippen molar-refractivity contribution in [3.05, 3.63) is 230 Å². The van der Waals surface area contributed by atoms with E-state index in [1.54, 1.807) is 69.5 Å². The number of carboxylic acid groups (broad SMARTS) is 5. The lowest BCUT2D eigenvalue weighted by Gasteiger charge is -2.28. The summed E-state index contributed by atoms with van der Waals surface area (Å²) in [4.78, 5) is 146. The Balaban J connectivity index is 0.000000161. The van der Waals surface area contributed by atoms with Crippen molar-refractivity contribution >= 4 is 205 Å². The fourth-order valence-corrected chi connectivity index (χ4v) is 18.7. The molecule has 144 heavy (non-hydrogen) atoms. The lowest BCUT2D eigenvalue weighted by molar-refractivity contribution is -0.114. The van der Waals surface area contributed by atoms with Gasteiger partial charge in [0, 0.05) is 88.1 Å². The van der Waals surface area contributed by atoms with Crippen LogP contribution in [0.4, 0.5) is 25.7 Å². The first-order valence-electron chi connectivity index (χ1n) is 43.1. The highest BCUT2D eigenvalue weighted by molar-refractivity contribution is 7.15. The summed E-state index contributed by atoms with van der Waals surface area (Å²) in [5, 5.41) is 160. The average molecular weight is 2070 g/mol. The average Bonchev–Trinajstić information content (AvgIpc) is 1.00. The summed E-state index contributed by atoms with van der Waals surface area (Å²) in [6.45, 7) is 9.29. The first-order valence-corrected chi connectivity index (χ1v) is 47.5. The van der Waals surface area contributed by atoms with E-state index in [9.17, 15) is 119 Å². The van der Waals surface area contributed by atoms with Crippen LogP contribution in [-0.4, -0.2) is 233 Å². The molecule has 0 amide bonds. The van der Waals surface area contributed by atoms with Gasteiger partial charge in [0.2, 0.25) is 0 Å². The predicted octanol–water partition coefficient (Wildman–Crippen LogP) is 8.40. The van der Waals surface area contributed by atoms with Crippen LogP contribution >= 0.6 is 56.7 Å². The number of aromatic nitrogens is 5. The molecule has 5 atom stereocenters. The summed E-state index contributed by atoms with van der Waals surface area (Å²) in [6, 6.07) is 25.1. The van der Waals surface area contributed by atoms with Crippen LogP contribution in [0.15, 0.2) is 144 Å². The van der Waals surface area contributed by atoms with Gasteiger partial charge in [-0.1, -0.05) is 79.9 Å². The second-order valence-electron chi connectivity index (χ2n) is 33.1. The molecule has 6 aromatic carbocycles. The molecule has 0 saturated heterocycles. The number of fused-ring (bicyclic) bond motifs is 5. The minimum Gasteiger partial charge on any atom is -0.535 e. The highest BCUT2D eigenvalue weighted by Gasteiger charge is 2.46. The van der Waals surface area contributed by atoms with E-state index >= 15 is 0 Å². The van der Waals surface area contributed by atoms with Crippen LogP contribution in [0.2, 0.25) is 29.1 Å². The number of anilines is 5. The minimum absolute atomic E-state index is 0.0319. The number of aromatic carboxylic acids is 5. The van der Waals surface area contributed by atoms with E-state index < -0.39 is 123 Å². The normalized spacial score (nSPS) is 16.2. The van der Waals surface area contributed by atoms with Gasteiger partial charge in [0.1, 0.15) is 91.8 Å². The van der Waals surface area contributed by atoms with Gasteiger partial charge in [-0.05, 0) is 159 Å². The maximum atomic E-state index is 13.2. The molecular formula is C88H88B5N15O31S5. The second kappa shape index (κ2) is 47.8. The number of para-hydroxylation sites is 1. The van der Waals surface area contributed by atoms with Gasteiger partial charge in [-0.25, -0.2) is 48.9 Å². The Labute approximate surface area is 837 Å². The van der Waals surface area contributed by atoms with E-state index in [0.717, 1.165) is 84.5 Å². The minimum atomic E-state index is -1.37. The van der Waals surface area contributed by atoms with Gasteiger partial charge in [0.15, 0.2) is 89.7 Å². The number of hydrogen-bond donors (Lipinski definition) is 19. The molecule has 0 fully saturated rings. The van der Waals surface area contributed by atoms with Gasteiger partial charge in [-0.15, -0.1) is 56.7 Å². The van der Waals surface area contributed by atoms with Crippen molar-refractivity contribution in [1.82, 2.24) is 24.9 Å². The Kier molecular flexibility index (Phi) is 35.6. The van der Waals surface area contributed by atoms with Crippen LogP contribution in [0.1, 0.15) is 168 Å². The van der Waals surface area contributed by atoms with Crippen molar-refractivity contribution in [2.75, 3.05) is 41.9 Å². The fourth-order valence-electron chi connectivity index (χ4n) is 15.9. The van der Waals surface area contributed by atoms with Gasteiger partial charge in [-0.2, -0.15) is 0 Å². The van der Waals surface area contributed by atoms with Crippen LogP contribution in [0.3, 0.4) is 0 Å². The highest BCUT2D eigenvalue weighted by Crippen LogP contribution is 2.44. The molecule has 0 bridgehead atoms. The number of ketones is 5. The number of ether oxygens (including phenoxy) is 1. The number of thiazole rings is 5. The van der Waals surface area contributed by atoms with E-state index in [0.29, 0.717) is 33.6 Å². The SMILES string of the molecule is Cc1cc2c(c(C(=O)O)c1)OB(O)[C@@H](CC(=O)/C(=N\O)c1csc(N)n1)C2.Cc1cc2c(c(C(=O)O)c1)OB(O)[C@@H](CC(=O)/C(=N\O)c1csc(N)n1)C2.Cc1cc2c(c(C(=O)O)c1)OB(O)[C@@H](CC(=O)/C(=N\O)c1csc(N)n1)C2.Cc1cc2c(c(C(=O)O)c1)OB(O)[C@@H](CC(=O)/C(=N\O)c1csc(N)n1)C2.Cc1ccc(OCCO/N=C(\C(=O)C[C@H]2Cc3cccc(C(=O)O)c3OB2O)c2csc(N)n2)cc1. The van der Waals surface area contributed by atoms with E-state index in [-0.39, 0.29) is 217 Å². The fraction of sp³-hybridized carbons (Fsp3) is 0.250. The molecule has 24 N–H and O–H groups in total. The summed E-state index contributed by atoms with van der Waals surface area (Å²) in [6.07, 6.45) is 0.385. The molecule has 11 aromatic rings. The Morgan fingerprint density at radius 3 is 0.819 bits per heavy atom. The molecule has 0 radical (unpaired) electrons. The zero-order valence-corrected chi connectivity index (χ0v) is 80.5. The maximum Gasteiger partial charge on any atom is 0.526 e. The highest BCUT2D eigenvalue weighted by atomic mass is 32.1. The lowest BCUT2D eigenvalue weighted by Crippen LogP contribution is -2.37. The number of nitrogens with zero attached hydrogens (tertiary/aromatic N) is 10. The van der Waals surface area contributed by atoms with Crippen molar-refractivity contribution in [1.29, 1.82) is 0 Å². The number of oxime groups is 5. The molecule has 10 heterocycles. The molecule has 5 aromatic heterocycles. The van der Waals surface area contributed by atoms with Gasteiger partial charge in [-0.3, -0.25) is 24.0 Å². The second-order valence-corrected chi connectivity index (χ2v) is 37.6. The quantitative estimate of drug-likeness (QED) is 0.00660. The summed E-state index contributed by atoms with van der Waals surface area (Å²) in [5.74, 6) is -10.3. The number of carbonyl (C=O) groups excluding carboxylic acids is 5. The van der Waals surface area contributed by atoms with Crippen molar-refractivity contribution in [3.63, 3.8) is 0 Å². The van der Waals surface area contributed by atoms with Crippen LogP contribution in [0.25, 0.3) is 0 Å². The number of rotatable bonds is 30. The molecule has 46 nitrogen and oxygen atoms in total. The molecule has 16 rings (SSSR count). The van der Waals surface area contributed by atoms with E-state index in [4.69, 9.17) is 61.5 Å². The smallest absolute Gasteiger partial charge is 0.526 e. The number of carbonyl (C=O) groups is 10. The molecule has 0 spiro atoms. The van der Waals surface area contributed by atoms with Gasteiger partial charge >= 0.3 is 65.4 Å². The van der Waals surface area contributed by atoms with Crippen LogP contribution in [-0.2, 0) is 60.9 Å². The van der Waals surface area contributed by atoms with Crippen molar-refractivity contribution in [3.8, 4) is 34.5 Å². The number of aryl methyl sites for hydroxylation is 5. The van der Waals surface area contributed by atoms with Gasteiger partial charge in [0.25, 0.3) is 0 Å². The van der Waals surface area contributed by atoms with Crippen LogP contribution in [0.5, 0.6) is 34.5 Å². The molecule has 5 aliphatic heterocycles. The van der Waals surface area contributed by atoms with E-state index in [1.165, 1.54) is 51.9 Å². The Morgan fingerprint density at radius 2 is 0.576 bits per heavy atom. The van der Waals surface area contributed by atoms with Crippen molar-refractivity contribution < 1.29 is 152 Å². The molecular weight excluding hydrogens is 1980 g/mol. The first kappa shape index (κ1) is 107. The summed E-state index contributed by atoms with van der Waals surface area (Å²) >= 11 is 5.56. The van der Waals surface area contributed by atoms with Crippen molar-refractivity contribution in [2.45, 2.75) is 128 Å². The molecule has 0 aliphatic carbocycles. The predicted molar refractivity (Wildman–Crippen MR) is 529 cm³/mol.